The molecule has 0 saturated heterocycles. The van der Waals surface area contributed by atoms with Gasteiger partial charge in [0.15, 0.2) is 0 Å². The van der Waals surface area contributed by atoms with E-state index in [1.54, 1.807) is 41.1 Å². The first kappa shape index (κ1) is 12.8. The molecule has 0 fully saturated rings. The number of aromatic nitrogens is 2. The quantitative estimate of drug-likeness (QED) is 0.586. The molecule has 0 radical (unpaired) electrons. The fourth-order valence-electron chi connectivity index (χ4n) is 2.22. The number of nitro groups is 1. The Kier molecular flexibility index (Phi) is 2.87. The third kappa shape index (κ3) is 2.10. The van der Waals surface area contributed by atoms with E-state index in [1.165, 1.54) is 12.1 Å². The molecule has 1 amide bonds. The molecule has 3 aromatic rings. The number of hydrogen-bond donors (Lipinski definition) is 1. The van der Waals surface area contributed by atoms with Crippen molar-refractivity contribution in [2.45, 2.75) is 0 Å². The van der Waals surface area contributed by atoms with Gasteiger partial charge in [-0.3, -0.25) is 19.9 Å². The van der Waals surface area contributed by atoms with Gasteiger partial charge >= 0.3 is 0 Å². The Balaban J connectivity index is 2.25. The summed E-state index contributed by atoms with van der Waals surface area (Å²) in [6.07, 6.45) is 1.62. The first-order valence-electron chi connectivity index (χ1n) is 6.09. The van der Waals surface area contributed by atoms with E-state index < -0.39 is 10.8 Å². The summed E-state index contributed by atoms with van der Waals surface area (Å²) in [5.74, 6) is -0.591. The highest BCUT2D eigenvalue weighted by Crippen LogP contribution is 2.24. The number of benzene rings is 1. The number of nitrogens with zero attached hydrogens (tertiary/aromatic N) is 3. The summed E-state index contributed by atoms with van der Waals surface area (Å²) in [6, 6.07) is 11.0. The summed E-state index contributed by atoms with van der Waals surface area (Å²) >= 11 is 0. The first-order chi connectivity index (χ1) is 10.1. The molecule has 2 aromatic heterocycles. The maximum atomic E-state index is 11.6. The van der Waals surface area contributed by atoms with Gasteiger partial charge in [-0.05, 0) is 30.3 Å². The van der Waals surface area contributed by atoms with Gasteiger partial charge in [-0.15, -0.1) is 0 Å². The smallest absolute Gasteiger partial charge is 0.269 e. The van der Waals surface area contributed by atoms with Crippen molar-refractivity contribution >= 4 is 22.6 Å². The number of nitro benzene ring substituents is 1. The molecule has 1 aromatic carbocycles. The highest BCUT2D eigenvalue weighted by molar-refractivity contribution is 5.98. The van der Waals surface area contributed by atoms with E-state index in [-0.39, 0.29) is 11.4 Å². The molecular formula is C14H10N4O3. The standard InChI is InChI=1S/C14H10N4O3/c15-14(19)13-8-11-12(2-1-7-16-11)17(13)9-3-5-10(6-4-9)18(20)21/h1-8H,(H2,15,19). The lowest BCUT2D eigenvalue weighted by Gasteiger charge is -2.08. The van der Waals surface area contributed by atoms with Gasteiger partial charge in [0, 0.05) is 24.0 Å². The van der Waals surface area contributed by atoms with Crippen LogP contribution in [-0.4, -0.2) is 20.4 Å². The van der Waals surface area contributed by atoms with Gasteiger partial charge in [-0.1, -0.05) is 0 Å². The Bertz CT molecular complexity index is 852. The van der Waals surface area contributed by atoms with Crippen LogP contribution in [0.3, 0.4) is 0 Å². The Morgan fingerprint density at radius 2 is 1.95 bits per heavy atom. The van der Waals surface area contributed by atoms with Crippen LogP contribution < -0.4 is 5.73 Å². The number of non-ortho nitro benzene ring substituents is 1. The monoisotopic (exact) mass is 282 g/mol. The van der Waals surface area contributed by atoms with Gasteiger partial charge in [0.1, 0.15) is 5.69 Å². The van der Waals surface area contributed by atoms with Gasteiger partial charge in [0.05, 0.1) is 16.0 Å². The fraction of sp³-hybridized carbons (Fsp3) is 0. The zero-order chi connectivity index (χ0) is 15.0. The van der Waals surface area contributed by atoms with Crippen molar-refractivity contribution in [3.63, 3.8) is 0 Å². The summed E-state index contributed by atoms with van der Waals surface area (Å²) in [5, 5.41) is 10.7. The molecule has 0 aliphatic rings. The van der Waals surface area contributed by atoms with Gasteiger partial charge in [0.2, 0.25) is 0 Å². The molecule has 0 aliphatic heterocycles. The Hall–Kier alpha value is -3.22. The molecule has 0 atom stereocenters. The van der Waals surface area contributed by atoms with Crippen molar-refractivity contribution in [3.8, 4) is 5.69 Å². The molecule has 3 rings (SSSR count). The van der Waals surface area contributed by atoms with Gasteiger partial charge in [-0.2, -0.15) is 0 Å². The number of rotatable bonds is 3. The second-order valence-corrected chi connectivity index (χ2v) is 4.41. The van der Waals surface area contributed by atoms with Crippen molar-refractivity contribution in [2.24, 2.45) is 5.73 Å². The Morgan fingerprint density at radius 3 is 2.57 bits per heavy atom. The number of pyridine rings is 1. The predicted octanol–water partition coefficient (Wildman–Crippen LogP) is 2.03. The Morgan fingerprint density at radius 1 is 1.24 bits per heavy atom. The number of nitrogens with two attached hydrogens (primary N) is 1. The van der Waals surface area contributed by atoms with Gasteiger partial charge in [0.25, 0.3) is 11.6 Å². The molecule has 7 heteroatoms. The normalized spacial score (nSPS) is 10.7. The van der Waals surface area contributed by atoms with E-state index in [1.807, 2.05) is 0 Å². The molecule has 104 valence electrons. The maximum absolute atomic E-state index is 11.6. The van der Waals surface area contributed by atoms with E-state index in [9.17, 15) is 14.9 Å². The summed E-state index contributed by atoms with van der Waals surface area (Å²) in [7, 11) is 0. The van der Waals surface area contributed by atoms with Crippen molar-refractivity contribution < 1.29 is 9.72 Å². The van der Waals surface area contributed by atoms with E-state index in [4.69, 9.17) is 5.73 Å². The van der Waals surface area contributed by atoms with E-state index in [0.29, 0.717) is 16.7 Å². The average Bonchev–Trinajstić information content (AvgIpc) is 2.87. The molecule has 2 N–H and O–H groups in total. The van der Waals surface area contributed by atoms with Crippen LogP contribution >= 0.6 is 0 Å². The van der Waals surface area contributed by atoms with Crippen LogP contribution in [-0.2, 0) is 0 Å². The first-order valence-corrected chi connectivity index (χ1v) is 6.09. The number of amides is 1. The number of fused-ring (bicyclic) bond motifs is 1. The van der Waals surface area contributed by atoms with E-state index in [0.717, 1.165) is 0 Å². The van der Waals surface area contributed by atoms with Gasteiger partial charge < -0.3 is 10.3 Å². The number of carbonyl (C=O) groups excluding carboxylic acids is 1. The van der Waals surface area contributed by atoms with Crippen LogP contribution in [0.1, 0.15) is 10.5 Å². The molecule has 7 nitrogen and oxygen atoms in total. The maximum Gasteiger partial charge on any atom is 0.269 e. The minimum atomic E-state index is -0.591. The van der Waals surface area contributed by atoms with Crippen LogP contribution in [0.2, 0.25) is 0 Å². The molecule has 2 heterocycles. The predicted molar refractivity (Wildman–Crippen MR) is 76.2 cm³/mol. The van der Waals surface area contributed by atoms with Crippen LogP contribution in [0.5, 0.6) is 0 Å². The van der Waals surface area contributed by atoms with Gasteiger partial charge in [-0.25, -0.2) is 0 Å². The second-order valence-electron chi connectivity index (χ2n) is 4.41. The fourth-order valence-corrected chi connectivity index (χ4v) is 2.22. The zero-order valence-corrected chi connectivity index (χ0v) is 10.8. The topological polar surface area (TPSA) is 104 Å². The van der Waals surface area contributed by atoms with Crippen molar-refractivity contribution in [3.05, 3.63) is 64.5 Å². The van der Waals surface area contributed by atoms with Crippen LogP contribution in [0.25, 0.3) is 16.7 Å². The lowest BCUT2D eigenvalue weighted by molar-refractivity contribution is -0.384. The number of primary amides is 1. The molecule has 0 unspecified atom stereocenters. The summed E-state index contributed by atoms with van der Waals surface area (Å²) in [5.41, 5.74) is 7.60. The summed E-state index contributed by atoms with van der Waals surface area (Å²) in [6.45, 7) is 0. The number of hydrogen-bond acceptors (Lipinski definition) is 4. The summed E-state index contributed by atoms with van der Waals surface area (Å²) < 4.78 is 1.63. The van der Waals surface area contributed by atoms with Crippen molar-refractivity contribution in [2.75, 3.05) is 0 Å². The number of carbonyl (C=O) groups is 1. The molecule has 0 saturated carbocycles. The molecule has 0 aliphatic carbocycles. The SMILES string of the molecule is NC(=O)c1cc2ncccc2n1-c1ccc([N+](=O)[O-])cc1. The van der Waals surface area contributed by atoms with Crippen molar-refractivity contribution in [1.29, 1.82) is 0 Å². The van der Waals surface area contributed by atoms with Crippen LogP contribution in [0.4, 0.5) is 5.69 Å². The van der Waals surface area contributed by atoms with Crippen molar-refractivity contribution in [1.82, 2.24) is 9.55 Å². The molecule has 21 heavy (non-hydrogen) atoms. The van der Waals surface area contributed by atoms with E-state index in [2.05, 4.69) is 4.98 Å². The minimum Gasteiger partial charge on any atom is -0.364 e. The van der Waals surface area contributed by atoms with Crippen LogP contribution in [0, 0.1) is 10.1 Å². The van der Waals surface area contributed by atoms with Crippen LogP contribution in [0.15, 0.2) is 48.7 Å². The van der Waals surface area contributed by atoms with E-state index >= 15 is 0 Å². The third-order valence-corrected chi connectivity index (χ3v) is 3.14. The lowest BCUT2D eigenvalue weighted by Crippen LogP contribution is -2.15. The largest absolute Gasteiger partial charge is 0.364 e. The summed E-state index contributed by atoms with van der Waals surface area (Å²) in [4.78, 5) is 26.0. The minimum absolute atomic E-state index is 0.0195. The Labute approximate surface area is 118 Å². The third-order valence-electron chi connectivity index (χ3n) is 3.14. The highest BCUT2D eigenvalue weighted by atomic mass is 16.6. The average molecular weight is 282 g/mol. The molecular weight excluding hydrogens is 272 g/mol. The highest BCUT2D eigenvalue weighted by Gasteiger charge is 2.15. The molecule has 0 spiro atoms. The second kappa shape index (κ2) is 4.71. The molecule has 0 bridgehead atoms. The lowest BCUT2D eigenvalue weighted by atomic mass is 10.2. The zero-order valence-electron chi connectivity index (χ0n) is 10.8.